The summed E-state index contributed by atoms with van der Waals surface area (Å²) in [6, 6.07) is 14.1. The maximum atomic E-state index is 13.5. The number of fused-ring (bicyclic) bond motifs is 1. The highest BCUT2D eigenvalue weighted by Crippen LogP contribution is 2.34. The van der Waals surface area contributed by atoms with Gasteiger partial charge in [0.1, 0.15) is 0 Å². The Bertz CT molecular complexity index is 1530. The summed E-state index contributed by atoms with van der Waals surface area (Å²) in [5, 5.41) is 2.82. The van der Waals surface area contributed by atoms with Crippen molar-refractivity contribution < 1.29 is 18.0 Å². The lowest BCUT2D eigenvalue weighted by Crippen LogP contribution is -2.39. The highest BCUT2D eigenvalue weighted by Gasteiger charge is 2.36. The number of aromatic nitrogens is 3. The average molecular weight is 543 g/mol. The van der Waals surface area contributed by atoms with Crippen molar-refractivity contribution in [1.82, 2.24) is 19.4 Å². The van der Waals surface area contributed by atoms with E-state index >= 15 is 0 Å². The molecule has 1 aliphatic carbocycles. The van der Waals surface area contributed by atoms with Gasteiger partial charge in [-0.3, -0.25) is 18.9 Å². The number of para-hydroxylation sites is 2. The van der Waals surface area contributed by atoms with Gasteiger partial charge in [-0.15, -0.1) is 0 Å². The number of benzene rings is 2. The number of rotatable bonds is 5. The fourth-order valence-corrected chi connectivity index (χ4v) is 5.36. The quantitative estimate of drug-likeness (QED) is 0.328. The van der Waals surface area contributed by atoms with E-state index in [1.165, 1.54) is 0 Å². The minimum absolute atomic E-state index is 0.0675. The van der Waals surface area contributed by atoms with Gasteiger partial charge in [0.05, 0.1) is 34.0 Å². The van der Waals surface area contributed by atoms with E-state index < -0.39 is 23.2 Å². The number of amides is 1. The SMILES string of the molecule is Cc1ccc(-n2c(=O)n(C[C@H]3CC[C@H](NC(=O)c4cc(Cl)ccc4C(F)(F)F)CC3)c3ccccc32)cn1. The first kappa shape index (κ1) is 26.0. The normalized spacial score (nSPS) is 18.0. The van der Waals surface area contributed by atoms with E-state index in [4.69, 9.17) is 11.6 Å². The first-order valence-electron chi connectivity index (χ1n) is 12.4. The monoisotopic (exact) mass is 542 g/mol. The number of aryl methyl sites for hydroxylation is 1. The molecule has 2 heterocycles. The Balaban J connectivity index is 1.30. The maximum absolute atomic E-state index is 13.5. The van der Waals surface area contributed by atoms with Crippen molar-refractivity contribution in [2.24, 2.45) is 5.92 Å². The molecular weight excluding hydrogens is 517 g/mol. The molecule has 0 saturated heterocycles. The van der Waals surface area contributed by atoms with Gasteiger partial charge in [-0.2, -0.15) is 13.2 Å². The van der Waals surface area contributed by atoms with Crippen LogP contribution in [0.15, 0.2) is 65.6 Å². The number of nitrogens with zero attached hydrogens (tertiary/aromatic N) is 3. The summed E-state index contributed by atoms with van der Waals surface area (Å²) in [5.41, 5.74) is 1.55. The lowest BCUT2D eigenvalue weighted by Gasteiger charge is -2.29. The average Bonchev–Trinajstić information content (AvgIpc) is 3.16. The molecule has 1 fully saturated rings. The first-order chi connectivity index (χ1) is 18.1. The number of hydrogen-bond acceptors (Lipinski definition) is 3. The number of alkyl halides is 3. The molecule has 10 heteroatoms. The number of halogens is 4. The molecule has 198 valence electrons. The minimum Gasteiger partial charge on any atom is -0.349 e. The minimum atomic E-state index is -4.66. The predicted molar refractivity (Wildman–Crippen MR) is 140 cm³/mol. The third kappa shape index (κ3) is 5.20. The van der Waals surface area contributed by atoms with Crippen LogP contribution in [-0.2, 0) is 12.7 Å². The summed E-state index contributed by atoms with van der Waals surface area (Å²) < 4.78 is 43.6. The van der Waals surface area contributed by atoms with Crippen molar-refractivity contribution in [3.05, 3.63) is 93.1 Å². The topological polar surface area (TPSA) is 68.9 Å². The molecule has 38 heavy (non-hydrogen) atoms. The second-order valence-corrected chi connectivity index (χ2v) is 10.2. The van der Waals surface area contributed by atoms with Crippen LogP contribution < -0.4 is 11.0 Å². The summed E-state index contributed by atoms with van der Waals surface area (Å²) >= 11 is 5.87. The molecule has 0 aliphatic heterocycles. The molecule has 6 nitrogen and oxygen atoms in total. The first-order valence-corrected chi connectivity index (χ1v) is 12.8. The van der Waals surface area contributed by atoms with Crippen molar-refractivity contribution >= 4 is 28.5 Å². The molecule has 2 aromatic heterocycles. The largest absolute Gasteiger partial charge is 0.417 e. The van der Waals surface area contributed by atoms with Gasteiger partial charge in [0.15, 0.2) is 0 Å². The van der Waals surface area contributed by atoms with Crippen LogP contribution in [0.5, 0.6) is 0 Å². The number of pyridine rings is 1. The van der Waals surface area contributed by atoms with Crippen LogP contribution in [-0.4, -0.2) is 26.1 Å². The third-order valence-corrected chi connectivity index (χ3v) is 7.38. The number of hydrogen-bond donors (Lipinski definition) is 1. The van der Waals surface area contributed by atoms with Gasteiger partial charge in [0.25, 0.3) is 5.91 Å². The molecule has 0 spiro atoms. The van der Waals surface area contributed by atoms with E-state index in [0.29, 0.717) is 25.1 Å². The Hall–Kier alpha value is -3.59. The third-order valence-electron chi connectivity index (χ3n) is 7.14. The zero-order valence-corrected chi connectivity index (χ0v) is 21.4. The highest BCUT2D eigenvalue weighted by atomic mass is 35.5. The van der Waals surface area contributed by atoms with Gasteiger partial charge in [0.2, 0.25) is 0 Å². The van der Waals surface area contributed by atoms with Crippen molar-refractivity contribution in [3.8, 4) is 5.69 Å². The maximum Gasteiger partial charge on any atom is 0.417 e. The van der Waals surface area contributed by atoms with Gasteiger partial charge in [-0.25, -0.2) is 4.79 Å². The Kier molecular flexibility index (Phi) is 7.05. The molecule has 0 unspecified atom stereocenters. The molecule has 1 aliphatic rings. The van der Waals surface area contributed by atoms with E-state index in [1.54, 1.807) is 15.3 Å². The van der Waals surface area contributed by atoms with Crippen LogP contribution in [0, 0.1) is 12.8 Å². The van der Waals surface area contributed by atoms with Gasteiger partial charge in [0, 0.05) is 23.3 Å². The summed E-state index contributed by atoms with van der Waals surface area (Å²) in [4.78, 5) is 30.6. The number of imidazole rings is 1. The Morgan fingerprint density at radius 2 is 1.76 bits per heavy atom. The van der Waals surface area contributed by atoms with E-state index in [-0.39, 0.29) is 22.7 Å². The Morgan fingerprint density at radius 1 is 1.05 bits per heavy atom. The smallest absolute Gasteiger partial charge is 0.349 e. The van der Waals surface area contributed by atoms with Gasteiger partial charge in [-0.1, -0.05) is 23.7 Å². The zero-order chi connectivity index (χ0) is 27.0. The molecule has 1 N–H and O–H groups in total. The van der Waals surface area contributed by atoms with Crippen LogP contribution in [0.4, 0.5) is 13.2 Å². The predicted octanol–water partition coefficient (Wildman–Crippen LogP) is 6.16. The molecule has 5 rings (SSSR count). The Morgan fingerprint density at radius 3 is 2.42 bits per heavy atom. The van der Waals surface area contributed by atoms with E-state index in [1.807, 2.05) is 43.3 Å². The summed E-state index contributed by atoms with van der Waals surface area (Å²) in [6.07, 6.45) is -0.308. The summed E-state index contributed by atoms with van der Waals surface area (Å²) in [7, 11) is 0. The number of carbonyl (C=O) groups excluding carboxylic acids is 1. The van der Waals surface area contributed by atoms with Gasteiger partial charge in [-0.05, 0) is 81.0 Å². The van der Waals surface area contributed by atoms with Crippen LogP contribution in [0.3, 0.4) is 0 Å². The van der Waals surface area contributed by atoms with E-state index in [2.05, 4.69) is 10.3 Å². The molecule has 1 amide bonds. The highest BCUT2D eigenvalue weighted by molar-refractivity contribution is 6.31. The second kappa shape index (κ2) is 10.3. The number of nitrogens with one attached hydrogen (secondary N) is 1. The standard InChI is InChI=1S/C28H26ClF3N4O2/c1-17-6-12-21(15-33-17)36-25-5-3-2-4-24(25)35(27(36)38)16-18-7-10-20(11-8-18)34-26(37)22-14-19(29)9-13-23(22)28(30,31)32/h2-6,9,12-15,18,20H,7-8,10-11,16H2,1H3,(H,34,37)/t18-,20-. The summed E-state index contributed by atoms with van der Waals surface area (Å²) in [5.74, 6) is -0.595. The second-order valence-electron chi connectivity index (χ2n) is 9.75. The zero-order valence-electron chi connectivity index (χ0n) is 20.6. The molecule has 0 atom stereocenters. The van der Waals surface area contributed by atoms with Gasteiger partial charge < -0.3 is 5.32 Å². The van der Waals surface area contributed by atoms with Crippen molar-refractivity contribution in [2.45, 2.75) is 51.4 Å². The van der Waals surface area contributed by atoms with Crippen molar-refractivity contribution in [3.63, 3.8) is 0 Å². The van der Waals surface area contributed by atoms with Crippen LogP contribution in [0.1, 0.15) is 47.3 Å². The van der Waals surface area contributed by atoms with Crippen molar-refractivity contribution in [2.75, 3.05) is 0 Å². The molecular formula is C28H26ClF3N4O2. The lowest BCUT2D eigenvalue weighted by molar-refractivity contribution is -0.137. The fraction of sp³-hybridized carbons (Fsp3) is 0.321. The van der Waals surface area contributed by atoms with Crippen LogP contribution in [0.25, 0.3) is 16.7 Å². The summed E-state index contributed by atoms with van der Waals surface area (Å²) in [6.45, 7) is 2.40. The fourth-order valence-electron chi connectivity index (χ4n) is 5.19. The molecule has 0 bridgehead atoms. The molecule has 0 radical (unpaired) electrons. The van der Waals surface area contributed by atoms with E-state index in [0.717, 1.165) is 47.8 Å². The van der Waals surface area contributed by atoms with Crippen LogP contribution in [0.2, 0.25) is 5.02 Å². The lowest BCUT2D eigenvalue weighted by atomic mass is 9.85. The molecule has 4 aromatic rings. The molecule has 1 saturated carbocycles. The number of carbonyl (C=O) groups is 1. The van der Waals surface area contributed by atoms with Crippen LogP contribution >= 0.6 is 11.6 Å². The molecule has 2 aromatic carbocycles. The van der Waals surface area contributed by atoms with Gasteiger partial charge >= 0.3 is 11.9 Å². The van der Waals surface area contributed by atoms with E-state index in [9.17, 15) is 22.8 Å². The van der Waals surface area contributed by atoms with Crippen molar-refractivity contribution in [1.29, 1.82) is 0 Å². The Labute approximate surface area is 222 Å².